The molecule has 154 valence electrons. The second-order valence-electron chi connectivity index (χ2n) is 8.66. The van der Waals surface area contributed by atoms with Crippen LogP contribution in [0.2, 0.25) is 0 Å². The summed E-state index contributed by atoms with van der Waals surface area (Å²) in [6.07, 6.45) is 10.2. The van der Waals surface area contributed by atoms with Crippen LogP contribution in [0.15, 0.2) is 36.4 Å². The van der Waals surface area contributed by atoms with Gasteiger partial charge in [0.15, 0.2) is 0 Å². The first-order valence-electron chi connectivity index (χ1n) is 11.0. The van der Waals surface area contributed by atoms with Gasteiger partial charge in [0.25, 0.3) is 0 Å². The number of piperidine rings is 1. The SMILES string of the molecule is CC[N+]1(CC)C2CCC1CC(OC(=O)C1CCCC=C1c1ccccc1)C2.[I-]. The molecule has 1 aromatic rings. The summed E-state index contributed by atoms with van der Waals surface area (Å²) >= 11 is 0. The Morgan fingerprint density at radius 2 is 1.68 bits per heavy atom. The molecular formula is C24H34INO2. The number of rotatable bonds is 5. The van der Waals surface area contributed by atoms with Crippen molar-refractivity contribution in [2.45, 2.75) is 77.0 Å². The molecule has 0 N–H and O–H groups in total. The van der Waals surface area contributed by atoms with Gasteiger partial charge in [0, 0.05) is 25.7 Å². The van der Waals surface area contributed by atoms with E-state index < -0.39 is 0 Å². The molecule has 2 heterocycles. The smallest absolute Gasteiger partial charge is 0.313 e. The van der Waals surface area contributed by atoms with E-state index in [4.69, 9.17) is 4.74 Å². The van der Waals surface area contributed by atoms with Gasteiger partial charge in [-0.3, -0.25) is 4.79 Å². The molecule has 0 saturated carbocycles. The van der Waals surface area contributed by atoms with E-state index in [1.807, 2.05) is 6.07 Å². The molecule has 2 bridgehead atoms. The minimum absolute atomic E-state index is 0. The van der Waals surface area contributed by atoms with Crippen molar-refractivity contribution in [3.63, 3.8) is 0 Å². The van der Waals surface area contributed by atoms with Crippen LogP contribution in [0.1, 0.15) is 64.4 Å². The van der Waals surface area contributed by atoms with E-state index in [9.17, 15) is 4.79 Å². The standard InChI is InChI=1S/C24H34NO2.HI/c1-3-25(4-2)19-14-15-20(25)17-21(16-19)27-24(26)23-13-9-8-12-22(23)18-10-6-5-7-11-18;/h5-7,10-12,19-21,23H,3-4,8-9,13-17H2,1-2H3;1H/q+1;/p-1. The summed E-state index contributed by atoms with van der Waals surface area (Å²) in [6.45, 7) is 7.10. The van der Waals surface area contributed by atoms with Crippen LogP contribution in [0.25, 0.3) is 5.57 Å². The molecular weight excluding hydrogens is 461 g/mol. The molecule has 3 nitrogen and oxygen atoms in total. The molecule has 1 aliphatic carbocycles. The van der Waals surface area contributed by atoms with Gasteiger partial charge in [0.1, 0.15) is 6.10 Å². The van der Waals surface area contributed by atoms with Crippen LogP contribution < -0.4 is 24.0 Å². The average molecular weight is 495 g/mol. The topological polar surface area (TPSA) is 26.3 Å². The van der Waals surface area contributed by atoms with E-state index in [1.165, 1.54) is 41.6 Å². The van der Waals surface area contributed by atoms with Gasteiger partial charge in [-0.15, -0.1) is 0 Å². The fraction of sp³-hybridized carbons (Fsp3) is 0.625. The lowest BCUT2D eigenvalue weighted by molar-refractivity contribution is -0.963. The predicted octanol–water partition coefficient (Wildman–Crippen LogP) is 1.97. The Kier molecular flexibility index (Phi) is 7.24. The van der Waals surface area contributed by atoms with Crippen LogP contribution >= 0.6 is 0 Å². The summed E-state index contributed by atoms with van der Waals surface area (Å²) in [6, 6.07) is 11.8. The van der Waals surface area contributed by atoms with Gasteiger partial charge in [-0.05, 0) is 44.2 Å². The van der Waals surface area contributed by atoms with Gasteiger partial charge in [-0.1, -0.05) is 36.4 Å². The summed E-state index contributed by atoms with van der Waals surface area (Å²) in [5, 5.41) is 0. The molecule has 4 heteroatoms. The lowest BCUT2D eigenvalue weighted by Gasteiger charge is -2.48. The number of carbonyl (C=O) groups is 1. The number of esters is 1. The number of halogens is 1. The molecule has 3 unspecified atom stereocenters. The molecule has 0 spiro atoms. The van der Waals surface area contributed by atoms with E-state index in [0.717, 1.165) is 32.1 Å². The summed E-state index contributed by atoms with van der Waals surface area (Å²) in [5.74, 6) is -0.0699. The van der Waals surface area contributed by atoms with Gasteiger partial charge in [0.2, 0.25) is 0 Å². The quantitative estimate of drug-likeness (QED) is 0.355. The highest BCUT2D eigenvalue weighted by Crippen LogP contribution is 2.44. The number of hydrogen-bond acceptors (Lipinski definition) is 2. The highest BCUT2D eigenvalue weighted by molar-refractivity contribution is 5.89. The van der Waals surface area contributed by atoms with Gasteiger partial charge in [-0.2, -0.15) is 0 Å². The Bertz CT molecular complexity index is 682. The lowest BCUT2D eigenvalue weighted by Crippen LogP contribution is -3.00. The lowest BCUT2D eigenvalue weighted by atomic mass is 9.83. The van der Waals surface area contributed by atoms with Gasteiger partial charge < -0.3 is 33.2 Å². The van der Waals surface area contributed by atoms with E-state index in [0.29, 0.717) is 12.1 Å². The molecule has 2 fully saturated rings. The summed E-state index contributed by atoms with van der Waals surface area (Å²) in [4.78, 5) is 13.1. The maximum absolute atomic E-state index is 13.1. The fourth-order valence-corrected chi connectivity index (χ4v) is 6.23. The number of allylic oxidation sites excluding steroid dienone is 1. The molecule has 4 rings (SSSR count). The number of quaternary nitrogens is 1. The van der Waals surface area contributed by atoms with Crippen molar-refractivity contribution in [1.82, 2.24) is 0 Å². The van der Waals surface area contributed by atoms with Crippen molar-refractivity contribution in [2.24, 2.45) is 5.92 Å². The average Bonchev–Trinajstić information content (AvgIpc) is 2.90. The van der Waals surface area contributed by atoms with E-state index >= 15 is 0 Å². The minimum Gasteiger partial charge on any atom is -1.00 e. The maximum Gasteiger partial charge on any atom is 0.313 e. The monoisotopic (exact) mass is 495 g/mol. The van der Waals surface area contributed by atoms with Crippen LogP contribution in [0.4, 0.5) is 0 Å². The number of fused-ring (bicyclic) bond motifs is 2. The Morgan fingerprint density at radius 3 is 2.29 bits per heavy atom. The Labute approximate surface area is 187 Å². The van der Waals surface area contributed by atoms with E-state index in [2.05, 4.69) is 44.2 Å². The Balaban J connectivity index is 0.00000225. The summed E-state index contributed by atoms with van der Waals surface area (Å²) in [5.41, 5.74) is 2.35. The molecule has 0 amide bonds. The highest BCUT2D eigenvalue weighted by atomic mass is 127. The Hall–Kier alpha value is -0.880. The molecule has 0 radical (unpaired) electrons. The molecule has 1 aromatic carbocycles. The van der Waals surface area contributed by atoms with E-state index in [-0.39, 0.29) is 42.0 Å². The van der Waals surface area contributed by atoms with Crippen molar-refractivity contribution in [3.8, 4) is 0 Å². The van der Waals surface area contributed by atoms with Crippen molar-refractivity contribution < 1.29 is 38.0 Å². The summed E-state index contributed by atoms with van der Waals surface area (Å²) < 4.78 is 7.41. The number of ether oxygens (including phenoxy) is 1. The highest BCUT2D eigenvalue weighted by Gasteiger charge is 2.53. The molecule has 3 aliphatic rings. The maximum atomic E-state index is 13.1. The van der Waals surface area contributed by atoms with Crippen LogP contribution in [-0.2, 0) is 9.53 Å². The van der Waals surface area contributed by atoms with Crippen LogP contribution in [0.3, 0.4) is 0 Å². The van der Waals surface area contributed by atoms with Crippen LogP contribution in [-0.4, -0.2) is 41.7 Å². The largest absolute Gasteiger partial charge is 1.00 e. The zero-order valence-electron chi connectivity index (χ0n) is 17.3. The fourth-order valence-electron chi connectivity index (χ4n) is 6.23. The second-order valence-corrected chi connectivity index (χ2v) is 8.66. The van der Waals surface area contributed by atoms with E-state index in [1.54, 1.807) is 0 Å². The third-order valence-electron chi connectivity index (χ3n) is 7.65. The summed E-state index contributed by atoms with van der Waals surface area (Å²) in [7, 11) is 0. The van der Waals surface area contributed by atoms with Gasteiger partial charge >= 0.3 is 5.97 Å². The number of carbonyl (C=O) groups excluding carboxylic acids is 1. The first-order chi connectivity index (χ1) is 13.2. The van der Waals surface area contributed by atoms with Crippen molar-refractivity contribution in [1.29, 1.82) is 0 Å². The molecule has 28 heavy (non-hydrogen) atoms. The first-order valence-corrected chi connectivity index (χ1v) is 11.0. The van der Waals surface area contributed by atoms with Crippen LogP contribution in [0, 0.1) is 5.92 Å². The third kappa shape index (κ3) is 3.91. The van der Waals surface area contributed by atoms with Crippen molar-refractivity contribution in [2.75, 3.05) is 13.1 Å². The normalized spacial score (nSPS) is 30.9. The van der Waals surface area contributed by atoms with Crippen molar-refractivity contribution >= 4 is 11.5 Å². The zero-order chi connectivity index (χ0) is 18.9. The van der Waals surface area contributed by atoms with Crippen molar-refractivity contribution in [3.05, 3.63) is 42.0 Å². The number of benzene rings is 1. The predicted molar refractivity (Wildman–Crippen MR) is 109 cm³/mol. The van der Waals surface area contributed by atoms with Gasteiger partial charge in [0.05, 0.1) is 31.1 Å². The number of nitrogens with zero attached hydrogens (tertiary/aromatic N) is 1. The first kappa shape index (κ1) is 21.8. The van der Waals surface area contributed by atoms with Crippen LogP contribution in [0.5, 0.6) is 0 Å². The third-order valence-corrected chi connectivity index (χ3v) is 7.65. The molecule has 0 aromatic heterocycles. The Morgan fingerprint density at radius 1 is 1.04 bits per heavy atom. The molecule has 2 aliphatic heterocycles. The molecule has 2 saturated heterocycles. The minimum atomic E-state index is -0.0858. The molecule has 3 atom stereocenters. The zero-order valence-corrected chi connectivity index (χ0v) is 19.4. The van der Waals surface area contributed by atoms with Gasteiger partial charge in [-0.25, -0.2) is 0 Å². The second kappa shape index (κ2) is 9.29. The number of hydrogen-bond donors (Lipinski definition) is 0.